The maximum atomic E-state index is 10.9. The fraction of sp³-hybridized carbons (Fsp3) is 0.360. The van der Waals surface area contributed by atoms with Crippen molar-refractivity contribution in [1.29, 1.82) is 0 Å². The zero-order chi connectivity index (χ0) is 20.7. The van der Waals surface area contributed by atoms with Gasteiger partial charge in [0.15, 0.2) is 0 Å². The number of ether oxygens (including phenoxy) is 1. The lowest BCUT2D eigenvalue weighted by Gasteiger charge is -2.28. The smallest absolute Gasteiger partial charge is 0.119 e. The lowest BCUT2D eigenvalue weighted by molar-refractivity contribution is 0.149. The van der Waals surface area contributed by atoms with Gasteiger partial charge in [-0.2, -0.15) is 5.10 Å². The summed E-state index contributed by atoms with van der Waals surface area (Å²) >= 11 is 0. The molecule has 0 bridgehead atoms. The van der Waals surface area contributed by atoms with Gasteiger partial charge in [-0.3, -0.25) is 4.98 Å². The molecule has 2 aliphatic rings. The van der Waals surface area contributed by atoms with Crippen molar-refractivity contribution in [2.45, 2.75) is 44.6 Å². The highest BCUT2D eigenvalue weighted by molar-refractivity contribution is 5.47. The minimum atomic E-state index is -0.483. The molecule has 0 amide bonds. The number of allylic oxidation sites excluding steroid dienone is 2. The number of benzene rings is 1. The summed E-state index contributed by atoms with van der Waals surface area (Å²) in [6.07, 6.45) is 9.10. The maximum Gasteiger partial charge on any atom is 0.119 e. The molecule has 0 saturated carbocycles. The fourth-order valence-electron chi connectivity index (χ4n) is 5.28. The van der Waals surface area contributed by atoms with Crippen LogP contribution in [0.3, 0.4) is 0 Å². The van der Waals surface area contributed by atoms with E-state index in [1.165, 1.54) is 22.4 Å². The second kappa shape index (κ2) is 7.73. The topological polar surface area (TPSA) is 60.2 Å². The number of fused-ring (bicyclic) bond motifs is 1. The Labute approximate surface area is 177 Å². The number of nitrogens with zero attached hydrogens (tertiary/aromatic N) is 3. The zero-order valence-corrected chi connectivity index (χ0v) is 17.5. The Morgan fingerprint density at radius 1 is 1.23 bits per heavy atom. The Hall–Kier alpha value is -2.92. The highest BCUT2D eigenvalue weighted by atomic mass is 16.5. The number of aliphatic hydroxyl groups excluding tert-OH is 1. The Balaban J connectivity index is 1.40. The summed E-state index contributed by atoms with van der Waals surface area (Å²) in [6.45, 7) is 2.29. The maximum absolute atomic E-state index is 10.9. The lowest BCUT2D eigenvalue weighted by Crippen LogP contribution is -2.17. The number of rotatable bonds is 5. The molecule has 1 aromatic carbocycles. The van der Waals surface area contributed by atoms with E-state index in [0.29, 0.717) is 11.8 Å². The number of pyridine rings is 1. The number of hydrogen-bond donors (Lipinski definition) is 1. The van der Waals surface area contributed by atoms with E-state index in [1.54, 1.807) is 13.3 Å². The van der Waals surface area contributed by atoms with E-state index in [1.807, 2.05) is 47.4 Å². The summed E-state index contributed by atoms with van der Waals surface area (Å²) < 4.78 is 7.36. The van der Waals surface area contributed by atoms with Crippen LogP contribution in [-0.4, -0.2) is 27.0 Å². The van der Waals surface area contributed by atoms with Gasteiger partial charge in [0.25, 0.3) is 0 Å². The van der Waals surface area contributed by atoms with Crippen molar-refractivity contribution in [3.05, 3.63) is 83.0 Å². The molecule has 3 atom stereocenters. The van der Waals surface area contributed by atoms with Crippen molar-refractivity contribution >= 4 is 0 Å². The highest BCUT2D eigenvalue weighted by Gasteiger charge is 2.37. The second-order valence-electron chi connectivity index (χ2n) is 8.39. The quantitative estimate of drug-likeness (QED) is 0.626. The average molecular weight is 402 g/mol. The molecule has 5 nitrogen and oxygen atoms in total. The molecule has 5 heteroatoms. The van der Waals surface area contributed by atoms with Crippen LogP contribution in [0.15, 0.2) is 66.1 Å². The molecule has 2 heterocycles. The molecule has 1 N–H and O–H groups in total. The van der Waals surface area contributed by atoms with Crippen molar-refractivity contribution in [1.82, 2.24) is 14.8 Å². The van der Waals surface area contributed by atoms with Gasteiger partial charge in [-0.1, -0.05) is 30.2 Å². The minimum Gasteiger partial charge on any atom is -0.497 e. The van der Waals surface area contributed by atoms with Gasteiger partial charge in [-0.25, -0.2) is 4.68 Å². The van der Waals surface area contributed by atoms with Crippen molar-refractivity contribution in [2.75, 3.05) is 7.11 Å². The predicted molar refractivity (Wildman–Crippen MR) is 116 cm³/mol. The fourth-order valence-corrected chi connectivity index (χ4v) is 5.28. The van der Waals surface area contributed by atoms with Crippen molar-refractivity contribution in [3.8, 4) is 11.4 Å². The third-order valence-corrected chi connectivity index (χ3v) is 6.73. The molecule has 30 heavy (non-hydrogen) atoms. The Bertz CT molecular complexity index is 1090. The molecular formula is C25H27N3O2. The summed E-state index contributed by atoms with van der Waals surface area (Å²) in [7, 11) is 1.66. The van der Waals surface area contributed by atoms with E-state index < -0.39 is 6.10 Å². The van der Waals surface area contributed by atoms with Gasteiger partial charge in [0.1, 0.15) is 5.75 Å². The minimum absolute atomic E-state index is 0.333. The molecule has 154 valence electrons. The predicted octanol–water partition coefficient (Wildman–Crippen LogP) is 4.77. The van der Waals surface area contributed by atoms with Crippen molar-refractivity contribution < 1.29 is 9.84 Å². The van der Waals surface area contributed by atoms with Crippen molar-refractivity contribution in [3.63, 3.8) is 0 Å². The third-order valence-electron chi connectivity index (χ3n) is 6.73. The summed E-state index contributed by atoms with van der Waals surface area (Å²) in [5.41, 5.74) is 7.58. The Kier molecular flexibility index (Phi) is 4.91. The molecule has 2 aromatic heterocycles. The molecule has 0 radical (unpaired) electrons. The normalized spacial score (nSPS) is 21.3. The van der Waals surface area contributed by atoms with Crippen LogP contribution in [0.4, 0.5) is 0 Å². The average Bonchev–Trinajstić information content (AvgIpc) is 3.39. The van der Waals surface area contributed by atoms with Crippen LogP contribution in [0.2, 0.25) is 0 Å². The molecule has 0 saturated heterocycles. The van der Waals surface area contributed by atoms with Crippen LogP contribution in [0.1, 0.15) is 55.0 Å². The van der Waals surface area contributed by atoms with Gasteiger partial charge in [0.05, 0.1) is 37.0 Å². The first-order valence-corrected chi connectivity index (χ1v) is 10.7. The first kappa shape index (κ1) is 19.1. The van der Waals surface area contributed by atoms with E-state index >= 15 is 0 Å². The molecule has 0 fully saturated rings. The number of aromatic nitrogens is 3. The van der Waals surface area contributed by atoms with E-state index in [-0.39, 0.29) is 0 Å². The molecule has 1 unspecified atom stereocenters. The standard InChI is InChI=1S/C25H27N3O2/c1-16-22-15-27-28(20-6-4-10-26-14-20)23(22)12-18-8-9-19(25(16)18)13-24(29)17-5-3-7-21(11-17)30-2/h3-7,10-11,14-16,19,24,29H,8-9,12-13H2,1-2H3/t16-,19+,24?/m0/s1. The van der Waals surface area contributed by atoms with E-state index in [2.05, 4.69) is 23.1 Å². The van der Waals surface area contributed by atoms with Gasteiger partial charge < -0.3 is 9.84 Å². The lowest BCUT2D eigenvalue weighted by atomic mass is 9.78. The summed E-state index contributed by atoms with van der Waals surface area (Å²) in [6, 6.07) is 11.8. The summed E-state index contributed by atoms with van der Waals surface area (Å²) in [5, 5.41) is 15.6. The molecular weight excluding hydrogens is 374 g/mol. The van der Waals surface area contributed by atoms with Crippen molar-refractivity contribution in [2.24, 2.45) is 5.92 Å². The Morgan fingerprint density at radius 2 is 2.13 bits per heavy atom. The van der Waals surface area contributed by atoms with E-state index in [4.69, 9.17) is 4.74 Å². The first-order chi connectivity index (χ1) is 14.7. The molecule has 5 rings (SSSR count). The largest absolute Gasteiger partial charge is 0.497 e. The van der Waals surface area contributed by atoms with Crippen LogP contribution in [0.25, 0.3) is 5.69 Å². The van der Waals surface area contributed by atoms with Crippen LogP contribution < -0.4 is 4.74 Å². The van der Waals surface area contributed by atoms with Gasteiger partial charge >= 0.3 is 0 Å². The molecule has 2 aliphatic carbocycles. The number of methoxy groups -OCH3 is 1. The molecule has 0 aliphatic heterocycles. The van der Waals surface area contributed by atoms with Crippen LogP contribution in [-0.2, 0) is 6.42 Å². The van der Waals surface area contributed by atoms with E-state index in [0.717, 1.165) is 42.7 Å². The van der Waals surface area contributed by atoms with Crippen LogP contribution in [0, 0.1) is 5.92 Å². The second-order valence-corrected chi connectivity index (χ2v) is 8.39. The SMILES string of the molecule is COc1cccc(C(O)C[C@H]2CCC3=C2[C@@H](C)c2cnn(-c4cccnc4)c2C3)c1. The van der Waals surface area contributed by atoms with Crippen LogP contribution >= 0.6 is 0 Å². The Morgan fingerprint density at radius 3 is 2.93 bits per heavy atom. The van der Waals surface area contributed by atoms with Gasteiger partial charge in [-0.15, -0.1) is 0 Å². The van der Waals surface area contributed by atoms with Gasteiger partial charge in [-0.05, 0) is 55.0 Å². The molecule has 0 spiro atoms. The van der Waals surface area contributed by atoms with Gasteiger partial charge in [0, 0.05) is 24.1 Å². The van der Waals surface area contributed by atoms with Crippen LogP contribution in [0.5, 0.6) is 5.75 Å². The van der Waals surface area contributed by atoms with E-state index in [9.17, 15) is 5.11 Å². The first-order valence-electron chi connectivity index (χ1n) is 10.7. The van der Waals surface area contributed by atoms with Gasteiger partial charge in [0.2, 0.25) is 0 Å². The zero-order valence-electron chi connectivity index (χ0n) is 17.5. The monoisotopic (exact) mass is 401 g/mol. The summed E-state index contributed by atoms with van der Waals surface area (Å²) in [4.78, 5) is 4.25. The highest BCUT2D eigenvalue weighted by Crippen LogP contribution is 2.49. The number of hydrogen-bond acceptors (Lipinski definition) is 4. The molecule has 3 aromatic rings. The third kappa shape index (κ3) is 3.23. The summed E-state index contributed by atoms with van der Waals surface area (Å²) in [5.74, 6) is 1.53. The number of aliphatic hydroxyl groups is 1.